The average molecular weight is 273 g/mol. The molecule has 20 heavy (non-hydrogen) atoms. The first-order chi connectivity index (χ1) is 9.70. The molecule has 8 heteroatoms. The Hall–Kier alpha value is -2.77. The Morgan fingerprint density at radius 2 is 2.35 bits per heavy atom. The number of anilines is 2. The molecule has 0 saturated heterocycles. The highest BCUT2D eigenvalue weighted by Gasteiger charge is 2.20. The number of nitrogens with one attached hydrogen (secondary N) is 2. The molecule has 3 aromatic rings. The topological polar surface area (TPSA) is 111 Å². The van der Waals surface area contributed by atoms with Crippen molar-refractivity contribution < 1.29 is 4.42 Å². The molecule has 4 N–H and O–H groups in total. The van der Waals surface area contributed by atoms with Crippen molar-refractivity contribution in [3.05, 3.63) is 18.4 Å². The zero-order valence-electron chi connectivity index (χ0n) is 11.2. The Bertz CT molecular complexity index is 710. The zero-order chi connectivity index (χ0) is 14.1. The number of nitrogens with two attached hydrogens (primary N) is 1. The molecule has 104 valence electrons. The lowest BCUT2D eigenvalue weighted by Gasteiger charge is -2.04. The Balaban J connectivity index is 2.05. The van der Waals surface area contributed by atoms with Crippen LogP contribution in [-0.2, 0) is 7.05 Å². The number of H-pyrrole nitrogens is 1. The van der Waals surface area contributed by atoms with E-state index in [2.05, 4.69) is 25.6 Å². The summed E-state index contributed by atoms with van der Waals surface area (Å²) in [4.78, 5) is 4.41. The van der Waals surface area contributed by atoms with Crippen LogP contribution in [0.5, 0.6) is 0 Å². The third-order valence-electron chi connectivity index (χ3n) is 2.88. The number of nitrogens with zero attached hydrogens (tertiary/aromatic N) is 4. The standard InChI is InChI=1S/C12H15N7O/c1-3-14-12-8(9(13)18-19(12)2)11-15-10(16-17-11)7-5-4-6-20-7/h4-6,14H,3H2,1-2H3,(H2,13,18)(H,15,16,17). The summed E-state index contributed by atoms with van der Waals surface area (Å²) in [7, 11) is 1.82. The molecule has 8 nitrogen and oxygen atoms in total. The van der Waals surface area contributed by atoms with E-state index >= 15 is 0 Å². The second-order valence-corrected chi connectivity index (χ2v) is 4.25. The Kier molecular flexibility index (Phi) is 2.90. The number of hydrogen-bond donors (Lipinski definition) is 3. The van der Waals surface area contributed by atoms with E-state index in [1.54, 1.807) is 17.0 Å². The minimum atomic E-state index is 0.383. The smallest absolute Gasteiger partial charge is 0.192 e. The van der Waals surface area contributed by atoms with Crippen molar-refractivity contribution in [3.63, 3.8) is 0 Å². The van der Waals surface area contributed by atoms with Crippen LogP contribution in [-0.4, -0.2) is 31.5 Å². The van der Waals surface area contributed by atoms with Gasteiger partial charge in [0.25, 0.3) is 0 Å². The fraction of sp³-hybridized carbons (Fsp3) is 0.250. The van der Waals surface area contributed by atoms with Crippen LogP contribution in [0.4, 0.5) is 11.6 Å². The second-order valence-electron chi connectivity index (χ2n) is 4.25. The van der Waals surface area contributed by atoms with Gasteiger partial charge in [-0.2, -0.15) is 10.2 Å². The van der Waals surface area contributed by atoms with Crippen LogP contribution in [0.2, 0.25) is 0 Å². The average Bonchev–Trinajstić information content (AvgIpc) is 3.11. The number of furan rings is 1. The van der Waals surface area contributed by atoms with Crippen molar-refractivity contribution in [1.82, 2.24) is 25.0 Å². The molecular weight excluding hydrogens is 258 g/mol. The van der Waals surface area contributed by atoms with Crippen molar-refractivity contribution in [1.29, 1.82) is 0 Å². The molecule has 0 saturated carbocycles. The minimum absolute atomic E-state index is 0.383. The second kappa shape index (κ2) is 4.72. The van der Waals surface area contributed by atoms with Crippen molar-refractivity contribution in [2.45, 2.75) is 6.92 Å². The van der Waals surface area contributed by atoms with Gasteiger partial charge in [0.05, 0.1) is 6.26 Å². The lowest BCUT2D eigenvalue weighted by molar-refractivity contribution is 0.577. The van der Waals surface area contributed by atoms with Crippen LogP contribution in [0, 0.1) is 0 Å². The van der Waals surface area contributed by atoms with E-state index in [9.17, 15) is 0 Å². The number of aromatic nitrogens is 5. The van der Waals surface area contributed by atoms with Crippen LogP contribution < -0.4 is 11.1 Å². The van der Waals surface area contributed by atoms with Gasteiger partial charge in [-0.3, -0.25) is 9.78 Å². The summed E-state index contributed by atoms with van der Waals surface area (Å²) in [5, 5.41) is 14.4. The summed E-state index contributed by atoms with van der Waals surface area (Å²) >= 11 is 0. The van der Waals surface area contributed by atoms with Crippen LogP contribution in [0.3, 0.4) is 0 Å². The first kappa shape index (κ1) is 12.3. The monoisotopic (exact) mass is 273 g/mol. The van der Waals surface area contributed by atoms with E-state index in [-0.39, 0.29) is 0 Å². The molecule has 0 aliphatic carbocycles. The maximum atomic E-state index is 5.94. The molecule has 0 spiro atoms. The van der Waals surface area contributed by atoms with E-state index in [1.165, 1.54) is 0 Å². The van der Waals surface area contributed by atoms with E-state index < -0.39 is 0 Å². The van der Waals surface area contributed by atoms with Crippen LogP contribution in [0.25, 0.3) is 23.0 Å². The lowest BCUT2D eigenvalue weighted by Crippen LogP contribution is -2.04. The molecule has 0 fully saturated rings. The number of aryl methyl sites for hydroxylation is 1. The Morgan fingerprint density at radius 1 is 1.50 bits per heavy atom. The van der Waals surface area contributed by atoms with Gasteiger partial charge < -0.3 is 15.5 Å². The number of nitrogen functional groups attached to an aromatic ring is 1. The molecule has 0 aliphatic rings. The van der Waals surface area contributed by atoms with Crippen LogP contribution >= 0.6 is 0 Å². The Labute approximate surface area is 115 Å². The van der Waals surface area contributed by atoms with Gasteiger partial charge in [-0.1, -0.05) is 0 Å². The zero-order valence-corrected chi connectivity index (χ0v) is 11.2. The molecule has 3 heterocycles. The fourth-order valence-electron chi connectivity index (χ4n) is 2.03. The minimum Gasteiger partial charge on any atom is -0.461 e. The van der Waals surface area contributed by atoms with Gasteiger partial charge in [0.2, 0.25) is 0 Å². The van der Waals surface area contributed by atoms with E-state index in [0.717, 1.165) is 12.4 Å². The van der Waals surface area contributed by atoms with Gasteiger partial charge in [-0.25, -0.2) is 4.98 Å². The Morgan fingerprint density at radius 3 is 3.05 bits per heavy atom. The summed E-state index contributed by atoms with van der Waals surface area (Å²) in [6, 6.07) is 3.60. The van der Waals surface area contributed by atoms with Crippen LogP contribution in [0.1, 0.15) is 6.92 Å². The number of hydrogen-bond acceptors (Lipinski definition) is 6. The summed E-state index contributed by atoms with van der Waals surface area (Å²) in [6.45, 7) is 2.75. The van der Waals surface area contributed by atoms with Crippen LogP contribution in [0.15, 0.2) is 22.8 Å². The molecule has 0 aromatic carbocycles. The highest BCUT2D eigenvalue weighted by atomic mass is 16.3. The maximum absolute atomic E-state index is 5.94. The SMILES string of the molecule is CCNc1c(-c2n[nH]c(-c3ccco3)n2)c(N)nn1C. The fourth-order valence-corrected chi connectivity index (χ4v) is 2.03. The molecule has 3 rings (SSSR count). The normalized spacial score (nSPS) is 10.9. The molecular formula is C12H15N7O. The molecule has 0 aliphatic heterocycles. The van der Waals surface area contributed by atoms with Crippen molar-refractivity contribution in [2.24, 2.45) is 7.05 Å². The summed E-state index contributed by atoms with van der Waals surface area (Å²) in [5.41, 5.74) is 6.63. The predicted molar refractivity (Wildman–Crippen MR) is 74.9 cm³/mol. The molecule has 0 radical (unpaired) electrons. The van der Waals surface area contributed by atoms with E-state index in [0.29, 0.717) is 28.8 Å². The molecule has 3 aromatic heterocycles. The largest absolute Gasteiger partial charge is 0.461 e. The highest BCUT2D eigenvalue weighted by Crippen LogP contribution is 2.31. The number of aromatic amines is 1. The molecule has 0 bridgehead atoms. The first-order valence-corrected chi connectivity index (χ1v) is 6.23. The molecule has 0 unspecified atom stereocenters. The maximum Gasteiger partial charge on any atom is 0.192 e. The number of rotatable bonds is 4. The summed E-state index contributed by atoms with van der Waals surface area (Å²) in [5.74, 6) is 2.83. The predicted octanol–water partition coefficient (Wildman–Crippen LogP) is 1.48. The van der Waals surface area contributed by atoms with Crippen molar-refractivity contribution >= 4 is 11.6 Å². The highest BCUT2D eigenvalue weighted by molar-refractivity contribution is 5.81. The van der Waals surface area contributed by atoms with Gasteiger partial charge in [-0.15, -0.1) is 0 Å². The van der Waals surface area contributed by atoms with Gasteiger partial charge in [0.15, 0.2) is 23.2 Å². The van der Waals surface area contributed by atoms with Gasteiger partial charge in [0.1, 0.15) is 11.4 Å². The first-order valence-electron chi connectivity index (χ1n) is 6.23. The lowest BCUT2D eigenvalue weighted by atomic mass is 10.3. The van der Waals surface area contributed by atoms with Gasteiger partial charge in [0, 0.05) is 13.6 Å². The van der Waals surface area contributed by atoms with Gasteiger partial charge >= 0.3 is 0 Å². The third-order valence-corrected chi connectivity index (χ3v) is 2.88. The van der Waals surface area contributed by atoms with E-state index in [1.807, 2.05) is 20.0 Å². The molecule has 0 atom stereocenters. The van der Waals surface area contributed by atoms with Gasteiger partial charge in [-0.05, 0) is 19.1 Å². The quantitative estimate of drug-likeness (QED) is 0.664. The third kappa shape index (κ3) is 1.91. The summed E-state index contributed by atoms with van der Waals surface area (Å²) in [6.07, 6.45) is 1.58. The molecule has 0 amide bonds. The summed E-state index contributed by atoms with van der Waals surface area (Å²) < 4.78 is 6.96. The van der Waals surface area contributed by atoms with E-state index in [4.69, 9.17) is 10.2 Å². The van der Waals surface area contributed by atoms with Crippen molar-refractivity contribution in [2.75, 3.05) is 17.6 Å². The van der Waals surface area contributed by atoms with Crippen molar-refractivity contribution in [3.8, 4) is 23.0 Å².